The maximum absolute atomic E-state index is 11.0. The summed E-state index contributed by atoms with van der Waals surface area (Å²) in [5.74, 6) is 0.0222. The van der Waals surface area contributed by atoms with Crippen LogP contribution in [0.25, 0.3) is 0 Å². The molecule has 0 heterocycles. The normalized spacial score (nSPS) is 18.9. The zero-order valence-corrected chi connectivity index (χ0v) is 18.3. The molecule has 0 saturated heterocycles. The molecule has 2 atom stereocenters. The molecule has 2 unspecified atom stereocenters. The average Bonchev–Trinajstić information content (AvgIpc) is 2.69. The third kappa shape index (κ3) is 7.72. The van der Waals surface area contributed by atoms with E-state index in [0.717, 1.165) is 19.4 Å². The predicted molar refractivity (Wildman–Crippen MR) is 117 cm³/mol. The largest absolute Gasteiger partial charge is 0.480 e. The van der Waals surface area contributed by atoms with Crippen LogP contribution in [0, 0.1) is 5.92 Å². The summed E-state index contributed by atoms with van der Waals surface area (Å²) in [6, 6.07) is 8.68. The molecule has 0 radical (unpaired) electrons. The van der Waals surface area contributed by atoms with Crippen LogP contribution in [0.2, 0.25) is 0 Å². The number of benzene rings is 1. The van der Waals surface area contributed by atoms with Gasteiger partial charge in [0.2, 0.25) is 0 Å². The second-order valence-electron chi connectivity index (χ2n) is 6.35. The van der Waals surface area contributed by atoms with Gasteiger partial charge in [-0.2, -0.15) is 0 Å². The number of aliphatic carboxylic acids is 1. The molecule has 2 rings (SSSR count). The van der Waals surface area contributed by atoms with Gasteiger partial charge >= 0.3 is 5.97 Å². The van der Waals surface area contributed by atoms with Crippen LogP contribution in [0.3, 0.4) is 0 Å². The molecule has 0 bridgehead atoms. The van der Waals surface area contributed by atoms with Crippen molar-refractivity contribution in [3.63, 3.8) is 0 Å². The first kappa shape index (κ1) is 25.1. The first-order valence-corrected chi connectivity index (χ1v) is 10.3. The minimum atomic E-state index is -0.764. The molecule has 27 heavy (non-hydrogen) atoms. The maximum Gasteiger partial charge on any atom is 0.317 e. The Morgan fingerprint density at radius 3 is 2.37 bits per heavy atom. The number of hydrogen-bond acceptors (Lipinski definition) is 2. The number of nitrogens with zero attached hydrogens (tertiary/aromatic N) is 1. The van der Waals surface area contributed by atoms with Gasteiger partial charge in [-0.15, -0.1) is 0 Å². The Labute approximate surface area is 166 Å². The number of allylic oxidation sites excluding steroid dienone is 4. The van der Waals surface area contributed by atoms with E-state index in [1.165, 1.54) is 16.7 Å². The lowest BCUT2D eigenvalue weighted by Crippen LogP contribution is -2.35. The van der Waals surface area contributed by atoms with Crippen molar-refractivity contribution in [2.75, 3.05) is 20.1 Å². The van der Waals surface area contributed by atoms with Crippen molar-refractivity contribution in [2.45, 2.75) is 60.3 Å². The topological polar surface area (TPSA) is 40.5 Å². The van der Waals surface area contributed by atoms with Crippen LogP contribution in [0.5, 0.6) is 0 Å². The Morgan fingerprint density at radius 1 is 1.19 bits per heavy atom. The Kier molecular flexibility index (Phi) is 13.2. The van der Waals surface area contributed by atoms with Crippen LogP contribution in [0.1, 0.15) is 65.0 Å². The van der Waals surface area contributed by atoms with Gasteiger partial charge in [0.1, 0.15) is 0 Å². The van der Waals surface area contributed by atoms with Gasteiger partial charge in [0.05, 0.1) is 6.54 Å². The highest BCUT2D eigenvalue weighted by atomic mass is 16.4. The highest BCUT2D eigenvalue weighted by Crippen LogP contribution is 2.41. The van der Waals surface area contributed by atoms with E-state index in [2.05, 4.69) is 49.4 Å². The number of rotatable bonds is 6. The Hall–Kier alpha value is -1.87. The summed E-state index contributed by atoms with van der Waals surface area (Å²) < 4.78 is 0. The average molecular weight is 374 g/mol. The van der Waals surface area contributed by atoms with Gasteiger partial charge in [-0.05, 0) is 56.4 Å². The lowest BCUT2D eigenvalue weighted by atomic mass is 9.71. The van der Waals surface area contributed by atoms with Crippen LogP contribution in [0.15, 0.2) is 48.1 Å². The van der Waals surface area contributed by atoms with Crippen LogP contribution in [-0.2, 0) is 11.2 Å². The van der Waals surface area contributed by atoms with E-state index in [4.69, 9.17) is 5.11 Å². The monoisotopic (exact) mass is 373 g/mol. The molecule has 0 amide bonds. The molecular weight excluding hydrogens is 334 g/mol. The zero-order valence-electron chi connectivity index (χ0n) is 18.3. The van der Waals surface area contributed by atoms with Crippen molar-refractivity contribution in [1.29, 1.82) is 0 Å². The van der Waals surface area contributed by atoms with Crippen LogP contribution >= 0.6 is 0 Å². The van der Waals surface area contributed by atoms with Gasteiger partial charge in [-0.25, -0.2) is 0 Å². The third-order valence-corrected chi connectivity index (χ3v) is 4.65. The smallest absolute Gasteiger partial charge is 0.317 e. The lowest BCUT2D eigenvalue weighted by Gasteiger charge is -2.36. The fourth-order valence-electron chi connectivity index (χ4n) is 3.74. The molecule has 0 saturated carbocycles. The highest BCUT2D eigenvalue weighted by Gasteiger charge is 2.31. The molecular formula is C24H39NO2. The first-order chi connectivity index (χ1) is 13.1. The van der Waals surface area contributed by atoms with E-state index in [9.17, 15) is 4.79 Å². The van der Waals surface area contributed by atoms with E-state index in [0.29, 0.717) is 11.8 Å². The molecule has 1 aliphatic carbocycles. The van der Waals surface area contributed by atoms with Crippen LogP contribution in [0.4, 0.5) is 0 Å². The molecule has 3 heteroatoms. The minimum absolute atomic E-state index is 0.0969. The zero-order chi connectivity index (χ0) is 20.8. The fourth-order valence-corrected chi connectivity index (χ4v) is 3.74. The van der Waals surface area contributed by atoms with Crippen molar-refractivity contribution in [1.82, 2.24) is 4.90 Å². The quantitative estimate of drug-likeness (QED) is 0.629. The summed E-state index contributed by atoms with van der Waals surface area (Å²) >= 11 is 0. The molecule has 1 aromatic rings. The lowest BCUT2D eigenvalue weighted by molar-refractivity contribution is -0.138. The molecule has 1 aliphatic rings. The number of fused-ring (bicyclic) bond motifs is 1. The Morgan fingerprint density at radius 2 is 1.81 bits per heavy atom. The molecule has 0 aliphatic heterocycles. The molecule has 1 N–H and O–H groups in total. The Bertz CT molecular complexity index is 604. The summed E-state index contributed by atoms with van der Waals surface area (Å²) in [5.41, 5.74) is 4.16. The number of aryl methyl sites for hydroxylation is 1. The summed E-state index contributed by atoms with van der Waals surface area (Å²) in [6.45, 7) is 13.0. The molecule has 1 aromatic carbocycles. The molecule has 3 nitrogen and oxygen atoms in total. The first-order valence-electron chi connectivity index (χ1n) is 10.3. The fraction of sp³-hybridized carbons (Fsp3) is 0.542. The van der Waals surface area contributed by atoms with Crippen molar-refractivity contribution in [2.24, 2.45) is 5.92 Å². The van der Waals surface area contributed by atoms with E-state index in [1.54, 1.807) is 0 Å². The van der Waals surface area contributed by atoms with E-state index in [-0.39, 0.29) is 6.54 Å². The van der Waals surface area contributed by atoms with Crippen LogP contribution in [-0.4, -0.2) is 36.1 Å². The maximum atomic E-state index is 11.0. The van der Waals surface area contributed by atoms with Gasteiger partial charge in [-0.1, -0.05) is 70.2 Å². The summed E-state index contributed by atoms with van der Waals surface area (Å²) in [4.78, 5) is 12.9. The number of carbonyl (C=O) groups is 1. The van der Waals surface area contributed by atoms with E-state index in [1.807, 2.05) is 46.6 Å². The van der Waals surface area contributed by atoms with Crippen LogP contribution < -0.4 is 0 Å². The van der Waals surface area contributed by atoms with Gasteiger partial charge in [-0.3, -0.25) is 9.69 Å². The minimum Gasteiger partial charge on any atom is -0.480 e. The Balaban J connectivity index is 0.00000158. The van der Waals surface area contributed by atoms with Gasteiger partial charge < -0.3 is 5.11 Å². The number of likely N-dealkylation sites (N-methyl/N-ethyl adjacent to an activating group) is 1. The predicted octanol–water partition coefficient (Wildman–Crippen LogP) is 5.92. The summed E-state index contributed by atoms with van der Waals surface area (Å²) in [7, 11) is 1.90. The van der Waals surface area contributed by atoms with Crippen molar-refractivity contribution in [3.05, 3.63) is 59.2 Å². The van der Waals surface area contributed by atoms with Crippen molar-refractivity contribution >= 4 is 5.97 Å². The number of carboxylic acids is 1. The number of carboxylic acid groups (broad SMARTS) is 1. The van der Waals surface area contributed by atoms with E-state index >= 15 is 0 Å². The third-order valence-electron chi connectivity index (χ3n) is 4.65. The molecule has 152 valence electrons. The highest BCUT2D eigenvalue weighted by molar-refractivity contribution is 5.69. The van der Waals surface area contributed by atoms with Gasteiger partial charge in [0, 0.05) is 12.5 Å². The second kappa shape index (κ2) is 14.2. The van der Waals surface area contributed by atoms with Crippen molar-refractivity contribution < 1.29 is 9.90 Å². The standard InChI is InChI=1S/C20H27NO2.2C2H6/c1-4-8-15(5-2)20-17(13-21(3)14-19(22)23)12-11-16-9-6-7-10-18(16)20;2*1-2/h4-10,17,20H,11-14H2,1-3H3,(H,22,23);2*1-2H3/b8-4-,15-5+;;. The molecule has 0 aromatic heterocycles. The SMILES string of the molecule is C/C=C\C(=C/C)C1c2ccccc2CCC1CN(C)CC(=O)O.CC.CC. The summed E-state index contributed by atoms with van der Waals surface area (Å²) in [6.07, 6.45) is 8.64. The van der Waals surface area contributed by atoms with Gasteiger partial charge in [0.25, 0.3) is 0 Å². The van der Waals surface area contributed by atoms with E-state index < -0.39 is 5.97 Å². The van der Waals surface area contributed by atoms with Crippen molar-refractivity contribution in [3.8, 4) is 0 Å². The van der Waals surface area contributed by atoms with Gasteiger partial charge in [0.15, 0.2) is 0 Å². The molecule has 0 spiro atoms. The number of hydrogen-bond donors (Lipinski definition) is 1. The molecule has 0 fully saturated rings. The second-order valence-corrected chi connectivity index (χ2v) is 6.35. The summed E-state index contributed by atoms with van der Waals surface area (Å²) in [5, 5.41) is 9.01.